The number of piperidine rings is 2. The molecule has 34 heavy (non-hydrogen) atoms. The number of alkyl halides is 6. The third-order valence-electron chi connectivity index (χ3n) is 6.80. The number of carbonyl (C=O) groups is 1. The van der Waals surface area contributed by atoms with E-state index < -0.39 is 29.3 Å². The Hall–Kier alpha value is -2.39. The van der Waals surface area contributed by atoms with E-state index in [0.717, 1.165) is 24.3 Å². The minimum atomic E-state index is -4.56. The zero-order chi connectivity index (χ0) is 24.5. The third-order valence-corrected chi connectivity index (χ3v) is 6.80. The van der Waals surface area contributed by atoms with Gasteiger partial charge in [-0.1, -0.05) is 12.1 Å². The second-order valence-corrected chi connectivity index (χ2v) is 8.98. The molecule has 2 saturated heterocycles. The molecule has 2 N–H and O–H groups in total. The maximum atomic E-state index is 13.7. The molecular formula is C25H26F6N2O. The van der Waals surface area contributed by atoms with Crippen LogP contribution >= 0.6 is 0 Å². The van der Waals surface area contributed by atoms with Gasteiger partial charge in [0.15, 0.2) is 5.78 Å². The molecule has 0 aliphatic carbocycles. The third kappa shape index (κ3) is 5.30. The Bertz CT molecular complexity index is 953. The first-order chi connectivity index (χ1) is 16.1. The van der Waals surface area contributed by atoms with E-state index >= 15 is 0 Å². The number of hydrogen-bond donors (Lipinski definition) is 2. The molecule has 4 rings (SSSR count). The standard InChI is InChI=1S/C25H26F6N2O/c26-24(27,28)17-1-3-19(21(13-17)15-5-9-32-10-6-15)23(34)20-4-2-18(25(29,30)31)14-22(20)16-7-11-33-12-8-16/h1-4,13-16,32-33H,5-12H2. The first-order valence-corrected chi connectivity index (χ1v) is 11.4. The number of ketones is 1. The summed E-state index contributed by atoms with van der Waals surface area (Å²) in [6.07, 6.45) is -6.80. The number of halogens is 6. The van der Waals surface area contributed by atoms with E-state index in [0.29, 0.717) is 63.0 Å². The first-order valence-electron chi connectivity index (χ1n) is 11.4. The molecule has 3 nitrogen and oxygen atoms in total. The lowest BCUT2D eigenvalue weighted by Crippen LogP contribution is -2.29. The van der Waals surface area contributed by atoms with Gasteiger partial charge in [-0.2, -0.15) is 26.3 Å². The summed E-state index contributed by atoms with van der Waals surface area (Å²) >= 11 is 0. The monoisotopic (exact) mass is 484 g/mol. The van der Waals surface area contributed by atoms with Crippen LogP contribution in [0.15, 0.2) is 36.4 Å². The van der Waals surface area contributed by atoms with Crippen LogP contribution in [0.3, 0.4) is 0 Å². The van der Waals surface area contributed by atoms with Crippen molar-refractivity contribution in [2.75, 3.05) is 26.2 Å². The highest BCUT2D eigenvalue weighted by molar-refractivity contribution is 6.11. The predicted molar refractivity (Wildman–Crippen MR) is 116 cm³/mol. The van der Waals surface area contributed by atoms with E-state index in [-0.39, 0.29) is 23.0 Å². The van der Waals surface area contributed by atoms with Gasteiger partial charge in [0.2, 0.25) is 0 Å². The lowest BCUT2D eigenvalue weighted by atomic mass is 9.80. The molecule has 0 unspecified atom stereocenters. The number of nitrogens with one attached hydrogen (secondary N) is 2. The fraction of sp³-hybridized carbons (Fsp3) is 0.480. The van der Waals surface area contributed by atoms with Gasteiger partial charge in [-0.3, -0.25) is 4.79 Å². The summed E-state index contributed by atoms with van der Waals surface area (Å²) in [5, 5.41) is 6.33. The van der Waals surface area contributed by atoms with Crippen LogP contribution < -0.4 is 10.6 Å². The van der Waals surface area contributed by atoms with Crippen molar-refractivity contribution in [3.63, 3.8) is 0 Å². The molecular weight excluding hydrogens is 458 g/mol. The fourth-order valence-electron chi connectivity index (χ4n) is 4.98. The topological polar surface area (TPSA) is 41.1 Å². The molecule has 2 fully saturated rings. The molecule has 184 valence electrons. The molecule has 0 bridgehead atoms. The summed E-state index contributed by atoms with van der Waals surface area (Å²) in [5.41, 5.74) is -0.758. The van der Waals surface area contributed by atoms with Crippen molar-refractivity contribution in [1.29, 1.82) is 0 Å². The van der Waals surface area contributed by atoms with Crippen LogP contribution in [0.4, 0.5) is 26.3 Å². The molecule has 0 spiro atoms. The van der Waals surface area contributed by atoms with Crippen molar-refractivity contribution in [3.05, 3.63) is 69.8 Å². The number of hydrogen-bond acceptors (Lipinski definition) is 3. The Labute approximate surface area is 193 Å². The van der Waals surface area contributed by atoms with Crippen molar-refractivity contribution in [2.45, 2.75) is 49.9 Å². The molecule has 2 aliphatic rings. The smallest absolute Gasteiger partial charge is 0.317 e. The van der Waals surface area contributed by atoms with Gasteiger partial charge in [0.1, 0.15) is 0 Å². The Morgan fingerprint density at radius 1 is 0.647 bits per heavy atom. The van der Waals surface area contributed by atoms with E-state index in [2.05, 4.69) is 10.6 Å². The minimum Gasteiger partial charge on any atom is -0.317 e. The van der Waals surface area contributed by atoms with Crippen LogP contribution in [0, 0.1) is 0 Å². The quantitative estimate of drug-likeness (QED) is 0.420. The summed E-state index contributed by atoms with van der Waals surface area (Å²) in [6, 6.07) is 6.21. The number of rotatable bonds is 4. The Morgan fingerprint density at radius 3 is 1.32 bits per heavy atom. The summed E-state index contributed by atoms with van der Waals surface area (Å²) in [5.74, 6) is -0.997. The summed E-state index contributed by atoms with van der Waals surface area (Å²) in [7, 11) is 0. The van der Waals surface area contributed by atoms with Gasteiger partial charge in [-0.05, 0) is 99.1 Å². The van der Waals surface area contributed by atoms with E-state index in [4.69, 9.17) is 0 Å². The molecule has 2 heterocycles. The van der Waals surface area contributed by atoms with E-state index in [1.807, 2.05) is 0 Å². The van der Waals surface area contributed by atoms with Gasteiger partial charge in [-0.15, -0.1) is 0 Å². The molecule has 0 saturated carbocycles. The van der Waals surface area contributed by atoms with Gasteiger partial charge >= 0.3 is 12.4 Å². The van der Waals surface area contributed by atoms with Crippen LogP contribution in [0.2, 0.25) is 0 Å². The predicted octanol–water partition coefficient (Wildman–Crippen LogP) is 5.89. The van der Waals surface area contributed by atoms with Crippen molar-refractivity contribution in [1.82, 2.24) is 10.6 Å². The average Bonchev–Trinajstić information content (AvgIpc) is 2.83. The van der Waals surface area contributed by atoms with Gasteiger partial charge in [0.05, 0.1) is 11.1 Å². The molecule has 2 aromatic rings. The molecule has 0 amide bonds. The highest BCUT2D eigenvalue weighted by atomic mass is 19.4. The maximum Gasteiger partial charge on any atom is 0.416 e. The van der Waals surface area contributed by atoms with Crippen LogP contribution in [-0.4, -0.2) is 32.0 Å². The van der Waals surface area contributed by atoms with E-state index in [1.165, 1.54) is 12.1 Å². The second-order valence-electron chi connectivity index (χ2n) is 8.98. The Balaban J connectivity index is 1.81. The second kappa shape index (κ2) is 9.70. The maximum absolute atomic E-state index is 13.7. The van der Waals surface area contributed by atoms with Crippen LogP contribution in [0.1, 0.15) is 75.7 Å². The largest absolute Gasteiger partial charge is 0.416 e. The number of carbonyl (C=O) groups excluding carboxylic acids is 1. The molecule has 0 atom stereocenters. The summed E-state index contributed by atoms with van der Waals surface area (Å²) in [6.45, 7) is 2.48. The lowest BCUT2D eigenvalue weighted by molar-refractivity contribution is -0.138. The Kier molecular flexibility index (Phi) is 7.05. The van der Waals surface area contributed by atoms with Gasteiger partial charge in [-0.25, -0.2) is 0 Å². The van der Waals surface area contributed by atoms with Crippen molar-refractivity contribution >= 4 is 5.78 Å². The summed E-state index contributed by atoms with van der Waals surface area (Å²) < 4.78 is 80.7. The minimum absolute atomic E-state index is 0.134. The van der Waals surface area contributed by atoms with Crippen LogP contribution in [0.5, 0.6) is 0 Å². The lowest BCUT2D eigenvalue weighted by Gasteiger charge is -2.28. The number of benzene rings is 2. The summed E-state index contributed by atoms with van der Waals surface area (Å²) in [4.78, 5) is 13.7. The van der Waals surface area contributed by atoms with Crippen LogP contribution in [-0.2, 0) is 12.4 Å². The van der Waals surface area contributed by atoms with Crippen molar-refractivity contribution in [3.8, 4) is 0 Å². The van der Waals surface area contributed by atoms with Gasteiger partial charge in [0, 0.05) is 11.1 Å². The molecule has 9 heteroatoms. The SMILES string of the molecule is O=C(c1ccc(C(F)(F)F)cc1C1CCNCC1)c1ccc(C(F)(F)F)cc1C1CCNCC1. The zero-order valence-corrected chi connectivity index (χ0v) is 18.5. The van der Waals surface area contributed by atoms with Crippen molar-refractivity contribution < 1.29 is 31.1 Å². The molecule has 2 aromatic carbocycles. The highest BCUT2D eigenvalue weighted by Crippen LogP contribution is 2.39. The zero-order valence-electron chi connectivity index (χ0n) is 18.5. The van der Waals surface area contributed by atoms with Gasteiger partial charge in [0.25, 0.3) is 0 Å². The van der Waals surface area contributed by atoms with E-state index in [1.54, 1.807) is 0 Å². The molecule has 0 radical (unpaired) electrons. The fourth-order valence-corrected chi connectivity index (χ4v) is 4.98. The first kappa shape index (κ1) is 24.7. The average molecular weight is 484 g/mol. The normalized spacial score (nSPS) is 18.8. The van der Waals surface area contributed by atoms with Gasteiger partial charge < -0.3 is 10.6 Å². The Morgan fingerprint density at radius 2 is 1.00 bits per heavy atom. The highest BCUT2D eigenvalue weighted by Gasteiger charge is 2.35. The molecule has 0 aromatic heterocycles. The molecule has 2 aliphatic heterocycles. The van der Waals surface area contributed by atoms with Crippen molar-refractivity contribution in [2.24, 2.45) is 0 Å². The van der Waals surface area contributed by atoms with Crippen LogP contribution in [0.25, 0.3) is 0 Å². The van der Waals surface area contributed by atoms with E-state index in [9.17, 15) is 31.1 Å².